The van der Waals surface area contributed by atoms with Gasteiger partial charge in [0.1, 0.15) is 0 Å². The maximum Gasteiger partial charge on any atom is -0.0143 e. The first-order chi connectivity index (χ1) is 7.15. The molecule has 86 valence electrons. The Morgan fingerprint density at radius 3 is 2.80 bits per heavy atom. The Kier molecular flexibility index (Phi) is 5.14. The van der Waals surface area contributed by atoms with E-state index in [1.807, 2.05) is 0 Å². The summed E-state index contributed by atoms with van der Waals surface area (Å²) in [6, 6.07) is 0. The molecule has 0 bridgehead atoms. The Labute approximate surface area is 95.5 Å². The van der Waals surface area contributed by atoms with E-state index in [1.165, 1.54) is 44.1 Å². The highest BCUT2D eigenvalue weighted by Gasteiger charge is 2.23. The van der Waals surface area contributed by atoms with Gasteiger partial charge in [-0.2, -0.15) is 0 Å². The van der Waals surface area contributed by atoms with Crippen molar-refractivity contribution in [1.29, 1.82) is 0 Å². The number of hydrogen-bond donors (Lipinski definition) is 0. The summed E-state index contributed by atoms with van der Waals surface area (Å²) in [4.78, 5) is 0. The van der Waals surface area contributed by atoms with E-state index in [1.54, 1.807) is 5.57 Å². The van der Waals surface area contributed by atoms with Gasteiger partial charge in [-0.3, -0.25) is 0 Å². The minimum absolute atomic E-state index is 0.755. The highest BCUT2D eigenvalue weighted by molar-refractivity contribution is 5.13. The molecule has 2 unspecified atom stereocenters. The summed E-state index contributed by atoms with van der Waals surface area (Å²) in [5.41, 5.74) is 2.98. The third-order valence-corrected chi connectivity index (χ3v) is 3.64. The molecule has 1 aliphatic rings. The van der Waals surface area contributed by atoms with Crippen molar-refractivity contribution in [3.63, 3.8) is 0 Å². The van der Waals surface area contributed by atoms with Crippen LogP contribution in [0.5, 0.6) is 0 Å². The first-order valence-electron chi connectivity index (χ1n) is 6.47. The molecule has 1 rings (SSSR count). The van der Waals surface area contributed by atoms with Crippen LogP contribution in [0.25, 0.3) is 0 Å². The average molecular weight is 206 g/mol. The highest BCUT2D eigenvalue weighted by atomic mass is 14.3. The smallest absolute Gasteiger partial charge is 0.0143 e. The third-order valence-electron chi connectivity index (χ3n) is 3.64. The Bertz CT molecular complexity index is 234. The standard InChI is InChI=1S/C15H26/c1-5-6-7-8-14-11-13(4)9-10-15(14)12(2)3/h11,14-15H,2,5-10H2,1,3-4H3. The Hall–Kier alpha value is -0.520. The normalized spacial score (nSPS) is 26.2. The van der Waals surface area contributed by atoms with Crippen molar-refractivity contribution >= 4 is 0 Å². The number of unbranched alkanes of at least 4 members (excludes halogenated alkanes) is 2. The van der Waals surface area contributed by atoms with Crippen LogP contribution in [-0.2, 0) is 0 Å². The SMILES string of the molecule is C=C(C)C1CCC(C)=CC1CCCCC. The molecule has 0 fully saturated rings. The summed E-state index contributed by atoms with van der Waals surface area (Å²) in [7, 11) is 0. The van der Waals surface area contributed by atoms with Crippen molar-refractivity contribution in [3.8, 4) is 0 Å². The van der Waals surface area contributed by atoms with Crippen LogP contribution in [0, 0.1) is 11.8 Å². The van der Waals surface area contributed by atoms with Gasteiger partial charge in [-0.1, -0.05) is 50.0 Å². The molecule has 0 N–H and O–H groups in total. The molecule has 0 nitrogen and oxygen atoms in total. The molecule has 0 radical (unpaired) electrons. The van der Waals surface area contributed by atoms with Gasteiger partial charge in [0, 0.05) is 0 Å². The summed E-state index contributed by atoms with van der Waals surface area (Å²) in [6.45, 7) is 10.9. The first kappa shape index (κ1) is 12.5. The van der Waals surface area contributed by atoms with Crippen molar-refractivity contribution in [3.05, 3.63) is 23.8 Å². The van der Waals surface area contributed by atoms with Crippen molar-refractivity contribution < 1.29 is 0 Å². The fraction of sp³-hybridized carbons (Fsp3) is 0.733. The van der Waals surface area contributed by atoms with E-state index in [0.29, 0.717) is 0 Å². The summed E-state index contributed by atoms with van der Waals surface area (Å²) in [5, 5.41) is 0. The van der Waals surface area contributed by atoms with Crippen LogP contribution in [0.1, 0.15) is 59.3 Å². The van der Waals surface area contributed by atoms with Crippen LogP contribution in [0.15, 0.2) is 23.8 Å². The molecule has 1 aliphatic carbocycles. The van der Waals surface area contributed by atoms with Gasteiger partial charge in [-0.25, -0.2) is 0 Å². The molecule has 0 aliphatic heterocycles. The molecule has 0 aromatic heterocycles. The predicted octanol–water partition coefficient (Wildman–Crippen LogP) is 5.12. The monoisotopic (exact) mass is 206 g/mol. The zero-order valence-corrected chi connectivity index (χ0v) is 10.7. The highest BCUT2D eigenvalue weighted by Crippen LogP contribution is 2.35. The van der Waals surface area contributed by atoms with Crippen molar-refractivity contribution in [2.75, 3.05) is 0 Å². The molecular formula is C15H26. The van der Waals surface area contributed by atoms with E-state index in [0.717, 1.165) is 11.8 Å². The minimum atomic E-state index is 0.755. The maximum absolute atomic E-state index is 4.15. The van der Waals surface area contributed by atoms with Gasteiger partial charge in [-0.05, 0) is 44.9 Å². The second-order valence-electron chi connectivity index (χ2n) is 5.16. The second kappa shape index (κ2) is 6.15. The number of allylic oxidation sites excluding steroid dienone is 3. The summed E-state index contributed by atoms with van der Waals surface area (Å²) < 4.78 is 0. The number of rotatable bonds is 5. The van der Waals surface area contributed by atoms with Crippen LogP contribution < -0.4 is 0 Å². The van der Waals surface area contributed by atoms with Crippen LogP contribution in [-0.4, -0.2) is 0 Å². The Balaban J connectivity index is 2.53. The first-order valence-corrected chi connectivity index (χ1v) is 6.47. The lowest BCUT2D eigenvalue weighted by molar-refractivity contribution is 0.368. The van der Waals surface area contributed by atoms with Gasteiger partial charge in [0.2, 0.25) is 0 Å². The minimum Gasteiger partial charge on any atom is -0.0998 e. The van der Waals surface area contributed by atoms with E-state index >= 15 is 0 Å². The molecule has 0 heterocycles. The fourth-order valence-electron chi connectivity index (χ4n) is 2.69. The van der Waals surface area contributed by atoms with Crippen LogP contribution >= 0.6 is 0 Å². The van der Waals surface area contributed by atoms with Gasteiger partial charge >= 0.3 is 0 Å². The average Bonchev–Trinajstić information content (AvgIpc) is 2.18. The topological polar surface area (TPSA) is 0 Å². The van der Waals surface area contributed by atoms with Crippen molar-refractivity contribution in [2.24, 2.45) is 11.8 Å². The van der Waals surface area contributed by atoms with E-state index in [4.69, 9.17) is 0 Å². The summed E-state index contributed by atoms with van der Waals surface area (Å²) in [6.07, 6.45) is 10.6. The van der Waals surface area contributed by atoms with Crippen molar-refractivity contribution in [1.82, 2.24) is 0 Å². The lowest BCUT2D eigenvalue weighted by Gasteiger charge is -2.30. The molecule has 15 heavy (non-hydrogen) atoms. The van der Waals surface area contributed by atoms with Crippen LogP contribution in [0.4, 0.5) is 0 Å². The molecule has 0 heteroatoms. The number of hydrogen-bond acceptors (Lipinski definition) is 0. The fourth-order valence-corrected chi connectivity index (χ4v) is 2.69. The van der Waals surface area contributed by atoms with E-state index in [-0.39, 0.29) is 0 Å². The van der Waals surface area contributed by atoms with Gasteiger partial charge in [-0.15, -0.1) is 0 Å². The third kappa shape index (κ3) is 3.85. The van der Waals surface area contributed by atoms with E-state index in [2.05, 4.69) is 33.4 Å². The Morgan fingerprint density at radius 2 is 2.20 bits per heavy atom. The van der Waals surface area contributed by atoms with E-state index < -0.39 is 0 Å². The lowest BCUT2D eigenvalue weighted by Crippen LogP contribution is -2.18. The summed E-state index contributed by atoms with van der Waals surface area (Å²) in [5.74, 6) is 1.54. The van der Waals surface area contributed by atoms with Crippen LogP contribution in [0.2, 0.25) is 0 Å². The molecule has 0 amide bonds. The molecule has 0 saturated heterocycles. The molecule has 0 aromatic rings. The predicted molar refractivity (Wildman–Crippen MR) is 68.9 cm³/mol. The van der Waals surface area contributed by atoms with Crippen molar-refractivity contribution in [2.45, 2.75) is 59.3 Å². The van der Waals surface area contributed by atoms with E-state index in [9.17, 15) is 0 Å². The van der Waals surface area contributed by atoms with Gasteiger partial charge in [0.15, 0.2) is 0 Å². The lowest BCUT2D eigenvalue weighted by atomic mass is 9.75. The summed E-state index contributed by atoms with van der Waals surface area (Å²) >= 11 is 0. The van der Waals surface area contributed by atoms with Gasteiger partial charge < -0.3 is 0 Å². The molecule has 0 saturated carbocycles. The zero-order chi connectivity index (χ0) is 11.3. The molecule has 0 aromatic carbocycles. The molecule has 2 atom stereocenters. The molecular weight excluding hydrogens is 180 g/mol. The quantitative estimate of drug-likeness (QED) is 0.433. The van der Waals surface area contributed by atoms with Gasteiger partial charge in [0.05, 0.1) is 0 Å². The molecule has 0 spiro atoms. The zero-order valence-electron chi connectivity index (χ0n) is 10.7. The van der Waals surface area contributed by atoms with Gasteiger partial charge in [0.25, 0.3) is 0 Å². The Morgan fingerprint density at radius 1 is 1.47 bits per heavy atom. The second-order valence-corrected chi connectivity index (χ2v) is 5.16. The largest absolute Gasteiger partial charge is 0.0998 e. The van der Waals surface area contributed by atoms with Crippen LogP contribution in [0.3, 0.4) is 0 Å². The maximum atomic E-state index is 4.15.